The van der Waals surface area contributed by atoms with Crippen molar-refractivity contribution in [2.45, 2.75) is 17.9 Å². The zero-order valence-electron chi connectivity index (χ0n) is 10.8. The van der Waals surface area contributed by atoms with Gasteiger partial charge in [-0.2, -0.15) is 0 Å². The predicted octanol–water partition coefficient (Wildman–Crippen LogP) is 3.94. The minimum Gasteiger partial charge on any atom is -0.334 e. The Kier molecular flexibility index (Phi) is 3.85. The molecule has 2 aromatic rings. The molecule has 0 N–H and O–H groups in total. The maximum absolute atomic E-state index is 12.6. The van der Waals surface area contributed by atoms with Crippen molar-refractivity contribution >= 4 is 34.5 Å². The molecule has 0 fully saturated rings. The quantitative estimate of drug-likeness (QED) is 0.774. The van der Waals surface area contributed by atoms with Crippen molar-refractivity contribution in [3.05, 3.63) is 63.6 Å². The van der Waals surface area contributed by atoms with Crippen LogP contribution in [0.3, 0.4) is 0 Å². The van der Waals surface area contributed by atoms with E-state index in [9.17, 15) is 4.79 Å². The number of nitrogens with zero attached hydrogens (tertiary/aromatic N) is 1. The lowest BCUT2D eigenvalue weighted by atomic mass is 9.99. The lowest BCUT2D eigenvalue weighted by Crippen LogP contribution is -2.36. The van der Waals surface area contributed by atoms with E-state index in [-0.39, 0.29) is 5.91 Å². The Labute approximate surface area is 132 Å². The zero-order valence-corrected chi connectivity index (χ0v) is 13.3. The summed E-state index contributed by atoms with van der Waals surface area (Å²) in [4.78, 5) is 15.3. The van der Waals surface area contributed by atoms with Crippen LogP contribution >= 0.6 is 28.6 Å². The van der Waals surface area contributed by atoms with Crippen molar-refractivity contribution in [2.24, 2.45) is 0 Å². The van der Waals surface area contributed by atoms with Crippen LogP contribution in [0.2, 0.25) is 0 Å². The minimum atomic E-state index is 0.0577. The third kappa shape index (κ3) is 2.63. The highest BCUT2D eigenvalue weighted by Crippen LogP contribution is 2.25. The molecule has 0 aliphatic carbocycles. The molecule has 20 heavy (non-hydrogen) atoms. The maximum atomic E-state index is 12.6. The SMILES string of the molecule is O=C(c1cc(S)ccc1Br)N1CCc2ccccc2C1. The summed E-state index contributed by atoms with van der Waals surface area (Å²) in [6, 6.07) is 13.9. The summed E-state index contributed by atoms with van der Waals surface area (Å²) in [5, 5.41) is 0. The lowest BCUT2D eigenvalue weighted by Gasteiger charge is -2.29. The molecular formula is C16H14BrNOS. The molecule has 0 saturated heterocycles. The summed E-state index contributed by atoms with van der Waals surface area (Å²) in [7, 11) is 0. The molecule has 0 radical (unpaired) electrons. The molecule has 0 bridgehead atoms. The number of carbonyl (C=O) groups excluding carboxylic acids is 1. The molecule has 102 valence electrons. The molecule has 1 aliphatic rings. The highest BCUT2D eigenvalue weighted by molar-refractivity contribution is 9.10. The van der Waals surface area contributed by atoms with E-state index < -0.39 is 0 Å². The zero-order chi connectivity index (χ0) is 14.1. The molecule has 1 aliphatic heterocycles. The first-order valence-corrected chi connectivity index (χ1v) is 7.74. The predicted molar refractivity (Wildman–Crippen MR) is 86.3 cm³/mol. The number of hydrogen-bond donors (Lipinski definition) is 1. The van der Waals surface area contributed by atoms with E-state index >= 15 is 0 Å². The van der Waals surface area contributed by atoms with Gasteiger partial charge in [-0.25, -0.2) is 0 Å². The summed E-state index contributed by atoms with van der Waals surface area (Å²) < 4.78 is 0.819. The van der Waals surface area contributed by atoms with Crippen LogP contribution in [-0.4, -0.2) is 17.4 Å². The van der Waals surface area contributed by atoms with Gasteiger partial charge in [0, 0.05) is 22.5 Å². The number of fused-ring (bicyclic) bond motifs is 1. The van der Waals surface area contributed by atoms with Gasteiger partial charge in [0.05, 0.1) is 5.56 Å². The van der Waals surface area contributed by atoms with Gasteiger partial charge in [0.15, 0.2) is 0 Å². The third-order valence-corrected chi connectivity index (χ3v) is 4.57. The highest BCUT2D eigenvalue weighted by atomic mass is 79.9. The first-order valence-electron chi connectivity index (χ1n) is 6.50. The molecular weight excluding hydrogens is 334 g/mol. The van der Waals surface area contributed by atoms with Crippen LogP contribution in [0.5, 0.6) is 0 Å². The van der Waals surface area contributed by atoms with Crippen molar-refractivity contribution in [1.82, 2.24) is 4.90 Å². The van der Waals surface area contributed by atoms with E-state index in [1.807, 2.05) is 29.2 Å². The monoisotopic (exact) mass is 347 g/mol. The van der Waals surface area contributed by atoms with Crippen molar-refractivity contribution in [3.8, 4) is 0 Å². The number of hydrogen-bond acceptors (Lipinski definition) is 2. The van der Waals surface area contributed by atoms with Crippen LogP contribution in [0.15, 0.2) is 51.8 Å². The second kappa shape index (κ2) is 5.62. The topological polar surface area (TPSA) is 20.3 Å². The van der Waals surface area contributed by atoms with Gasteiger partial charge in [-0.15, -0.1) is 12.6 Å². The molecule has 4 heteroatoms. The highest BCUT2D eigenvalue weighted by Gasteiger charge is 2.22. The van der Waals surface area contributed by atoms with Crippen LogP contribution in [0.1, 0.15) is 21.5 Å². The van der Waals surface area contributed by atoms with Gasteiger partial charge in [-0.1, -0.05) is 24.3 Å². The van der Waals surface area contributed by atoms with Gasteiger partial charge < -0.3 is 4.90 Å². The van der Waals surface area contributed by atoms with E-state index in [1.54, 1.807) is 0 Å². The number of thiol groups is 1. The van der Waals surface area contributed by atoms with Crippen molar-refractivity contribution in [1.29, 1.82) is 0 Å². The first-order chi connectivity index (χ1) is 9.65. The largest absolute Gasteiger partial charge is 0.334 e. The van der Waals surface area contributed by atoms with Gasteiger partial charge in [-0.05, 0) is 51.7 Å². The normalized spacial score (nSPS) is 14.0. The van der Waals surface area contributed by atoms with Crippen LogP contribution in [0.25, 0.3) is 0 Å². The van der Waals surface area contributed by atoms with Crippen LogP contribution in [0, 0.1) is 0 Å². The molecule has 0 saturated carbocycles. The average molecular weight is 348 g/mol. The number of benzene rings is 2. The van der Waals surface area contributed by atoms with E-state index in [0.29, 0.717) is 12.1 Å². The minimum absolute atomic E-state index is 0.0577. The van der Waals surface area contributed by atoms with Gasteiger partial charge in [0.2, 0.25) is 0 Å². The Morgan fingerprint density at radius 1 is 1.15 bits per heavy atom. The summed E-state index contributed by atoms with van der Waals surface area (Å²) in [5.74, 6) is 0.0577. The molecule has 2 aromatic carbocycles. The smallest absolute Gasteiger partial charge is 0.255 e. The second-order valence-electron chi connectivity index (χ2n) is 4.91. The van der Waals surface area contributed by atoms with E-state index in [0.717, 1.165) is 22.3 Å². The Morgan fingerprint density at radius 3 is 2.70 bits per heavy atom. The molecule has 0 aromatic heterocycles. The Bertz CT molecular complexity index is 671. The lowest BCUT2D eigenvalue weighted by molar-refractivity contribution is 0.0733. The number of rotatable bonds is 1. The van der Waals surface area contributed by atoms with Gasteiger partial charge in [0.25, 0.3) is 5.91 Å². The summed E-state index contributed by atoms with van der Waals surface area (Å²) in [5.41, 5.74) is 3.26. The van der Waals surface area contributed by atoms with Crippen molar-refractivity contribution in [2.75, 3.05) is 6.54 Å². The maximum Gasteiger partial charge on any atom is 0.255 e. The van der Waals surface area contributed by atoms with E-state index in [2.05, 4.69) is 46.8 Å². The fourth-order valence-electron chi connectivity index (χ4n) is 2.52. The Balaban J connectivity index is 1.88. The number of halogens is 1. The van der Waals surface area contributed by atoms with Crippen LogP contribution in [-0.2, 0) is 13.0 Å². The summed E-state index contributed by atoms with van der Waals surface area (Å²) in [6.45, 7) is 1.44. The van der Waals surface area contributed by atoms with Gasteiger partial charge in [0.1, 0.15) is 0 Å². The molecule has 1 heterocycles. The molecule has 1 amide bonds. The van der Waals surface area contributed by atoms with Crippen LogP contribution < -0.4 is 0 Å². The van der Waals surface area contributed by atoms with Crippen molar-refractivity contribution < 1.29 is 4.79 Å². The number of amides is 1. The van der Waals surface area contributed by atoms with Gasteiger partial charge >= 0.3 is 0 Å². The molecule has 0 unspecified atom stereocenters. The Morgan fingerprint density at radius 2 is 1.90 bits per heavy atom. The average Bonchev–Trinajstić information content (AvgIpc) is 2.48. The Hall–Kier alpha value is -1.26. The third-order valence-electron chi connectivity index (χ3n) is 3.60. The van der Waals surface area contributed by atoms with Gasteiger partial charge in [-0.3, -0.25) is 4.79 Å². The fourth-order valence-corrected chi connectivity index (χ4v) is 3.14. The van der Waals surface area contributed by atoms with E-state index in [4.69, 9.17) is 0 Å². The molecule has 2 nitrogen and oxygen atoms in total. The van der Waals surface area contributed by atoms with Crippen molar-refractivity contribution in [3.63, 3.8) is 0 Å². The second-order valence-corrected chi connectivity index (χ2v) is 6.28. The first kappa shape index (κ1) is 13.7. The molecule has 3 rings (SSSR count). The fraction of sp³-hybridized carbons (Fsp3) is 0.188. The molecule has 0 spiro atoms. The van der Waals surface area contributed by atoms with Crippen LogP contribution in [0.4, 0.5) is 0 Å². The number of carbonyl (C=O) groups is 1. The standard InChI is InChI=1S/C16H14BrNOS/c17-15-6-5-13(20)9-14(15)16(19)18-8-7-11-3-1-2-4-12(11)10-18/h1-6,9,20H,7-8,10H2. The molecule has 0 atom stereocenters. The summed E-state index contributed by atoms with van der Waals surface area (Å²) in [6.07, 6.45) is 0.917. The summed E-state index contributed by atoms with van der Waals surface area (Å²) >= 11 is 7.76. The van der Waals surface area contributed by atoms with E-state index in [1.165, 1.54) is 11.1 Å².